The molecule has 0 aliphatic rings. The number of rotatable bonds is 5. The van der Waals surface area contributed by atoms with Crippen molar-refractivity contribution < 1.29 is 4.79 Å². The molecule has 6 heteroatoms. The Labute approximate surface area is 121 Å². The lowest BCUT2D eigenvalue weighted by atomic mass is 10.2. The molecule has 0 spiro atoms. The van der Waals surface area contributed by atoms with Gasteiger partial charge in [0.1, 0.15) is 0 Å². The topological polar surface area (TPSA) is 55.1 Å². The smallest absolute Gasteiger partial charge is 0.253 e. The molecule has 3 nitrogen and oxygen atoms in total. The lowest BCUT2D eigenvalue weighted by Gasteiger charge is -2.14. The maximum absolute atomic E-state index is 12.0. The third-order valence-electron chi connectivity index (χ3n) is 2.24. The molecule has 100 valence electrons. The van der Waals surface area contributed by atoms with Crippen molar-refractivity contribution in [2.45, 2.75) is 19.9 Å². The van der Waals surface area contributed by atoms with Crippen molar-refractivity contribution in [3.05, 3.63) is 27.7 Å². The molecule has 0 heterocycles. The van der Waals surface area contributed by atoms with E-state index in [1.807, 2.05) is 6.92 Å². The van der Waals surface area contributed by atoms with Crippen molar-refractivity contribution in [2.75, 3.05) is 17.2 Å². The molecule has 0 aromatic heterocycles. The monoisotopic (exact) mass is 306 g/mol. The fraction of sp³-hybridized carbons (Fsp3) is 0.417. The van der Waals surface area contributed by atoms with Gasteiger partial charge in [-0.1, -0.05) is 30.1 Å². The molecule has 1 atom stereocenters. The lowest BCUT2D eigenvalue weighted by molar-refractivity contribution is 0.0944. The summed E-state index contributed by atoms with van der Waals surface area (Å²) >= 11 is 13.6. The Hall–Kier alpha value is -0.580. The Balaban J connectivity index is 2.78. The summed E-state index contributed by atoms with van der Waals surface area (Å²) in [5.41, 5.74) is 6.39. The summed E-state index contributed by atoms with van der Waals surface area (Å²) in [5.74, 6) is 1.62. The van der Waals surface area contributed by atoms with Crippen LogP contribution in [0.1, 0.15) is 24.2 Å². The summed E-state index contributed by atoms with van der Waals surface area (Å²) in [6.07, 6.45) is 0. The highest BCUT2D eigenvalue weighted by Crippen LogP contribution is 2.28. The molecule has 0 radical (unpaired) electrons. The van der Waals surface area contributed by atoms with Crippen molar-refractivity contribution >= 4 is 46.6 Å². The second-order valence-corrected chi connectivity index (χ2v) is 6.00. The minimum absolute atomic E-state index is 0.0683. The van der Waals surface area contributed by atoms with Gasteiger partial charge in [0.25, 0.3) is 5.91 Å². The van der Waals surface area contributed by atoms with Crippen LogP contribution in [0.3, 0.4) is 0 Å². The number of hydrogen-bond donors (Lipinski definition) is 2. The van der Waals surface area contributed by atoms with Crippen LogP contribution >= 0.6 is 35.0 Å². The SMILES string of the molecule is CCSCC(C)NC(=O)c1cc(N)cc(Cl)c1Cl. The van der Waals surface area contributed by atoms with E-state index in [1.54, 1.807) is 11.8 Å². The van der Waals surface area contributed by atoms with E-state index in [2.05, 4.69) is 12.2 Å². The Kier molecular flexibility index (Phi) is 6.12. The summed E-state index contributed by atoms with van der Waals surface area (Å²) in [6, 6.07) is 3.12. The van der Waals surface area contributed by atoms with Gasteiger partial charge in [-0.15, -0.1) is 0 Å². The van der Waals surface area contributed by atoms with Gasteiger partial charge in [-0.25, -0.2) is 0 Å². The maximum Gasteiger partial charge on any atom is 0.253 e. The number of benzene rings is 1. The molecular formula is C12H16Cl2N2OS. The largest absolute Gasteiger partial charge is 0.399 e. The standard InChI is InChI=1S/C12H16Cl2N2OS/c1-3-18-6-7(2)16-12(17)9-4-8(15)5-10(13)11(9)14/h4-5,7H,3,6,15H2,1-2H3,(H,16,17). The van der Waals surface area contributed by atoms with Crippen molar-refractivity contribution in [1.82, 2.24) is 5.32 Å². The second kappa shape index (κ2) is 7.12. The molecule has 0 aliphatic heterocycles. The third-order valence-corrected chi connectivity index (χ3v) is 4.19. The molecule has 3 N–H and O–H groups in total. The maximum atomic E-state index is 12.0. The normalized spacial score (nSPS) is 12.2. The molecular weight excluding hydrogens is 291 g/mol. The molecule has 1 unspecified atom stereocenters. The van der Waals surface area contributed by atoms with E-state index in [-0.39, 0.29) is 22.0 Å². The number of thioether (sulfide) groups is 1. The number of amides is 1. The van der Waals surface area contributed by atoms with Gasteiger partial charge in [0.15, 0.2) is 0 Å². The number of carbonyl (C=O) groups excluding carboxylic acids is 1. The van der Waals surface area contributed by atoms with Crippen LogP contribution in [0, 0.1) is 0 Å². The first kappa shape index (κ1) is 15.5. The summed E-state index contributed by atoms with van der Waals surface area (Å²) in [5, 5.41) is 3.39. The molecule has 0 aliphatic carbocycles. The highest BCUT2D eigenvalue weighted by molar-refractivity contribution is 7.99. The zero-order valence-electron chi connectivity index (χ0n) is 10.3. The van der Waals surface area contributed by atoms with Crippen molar-refractivity contribution in [2.24, 2.45) is 0 Å². The molecule has 0 bridgehead atoms. The van der Waals surface area contributed by atoms with Crippen LogP contribution in [-0.2, 0) is 0 Å². The number of halogens is 2. The van der Waals surface area contributed by atoms with Crippen LogP contribution in [0.5, 0.6) is 0 Å². The minimum atomic E-state index is -0.251. The highest BCUT2D eigenvalue weighted by Gasteiger charge is 2.15. The molecule has 0 saturated heterocycles. The van der Waals surface area contributed by atoms with Gasteiger partial charge >= 0.3 is 0 Å². The van der Waals surface area contributed by atoms with E-state index in [0.717, 1.165) is 11.5 Å². The average molecular weight is 307 g/mol. The number of nitrogens with one attached hydrogen (secondary N) is 1. The molecule has 1 aromatic rings. The number of hydrogen-bond acceptors (Lipinski definition) is 3. The van der Waals surface area contributed by atoms with Gasteiger partial charge in [-0.05, 0) is 24.8 Å². The van der Waals surface area contributed by atoms with Crippen LogP contribution in [0.4, 0.5) is 5.69 Å². The van der Waals surface area contributed by atoms with Crippen LogP contribution in [0.25, 0.3) is 0 Å². The second-order valence-electron chi connectivity index (χ2n) is 3.90. The Morgan fingerprint density at radius 2 is 2.17 bits per heavy atom. The average Bonchev–Trinajstić information content (AvgIpc) is 2.30. The van der Waals surface area contributed by atoms with E-state index in [1.165, 1.54) is 12.1 Å². The summed E-state index contributed by atoms with van der Waals surface area (Å²) in [6.45, 7) is 4.02. The first-order valence-corrected chi connectivity index (χ1v) is 7.49. The van der Waals surface area contributed by atoms with E-state index < -0.39 is 0 Å². The van der Waals surface area contributed by atoms with Crippen LogP contribution in [0.2, 0.25) is 10.0 Å². The minimum Gasteiger partial charge on any atom is -0.399 e. The van der Waals surface area contributed by atoms with E-state index in [9.17, 15) is 4.79 Å². The Bertz CT molecular complexity index is 440. The lowest BCUT2D eigenvalue weighted by Crippen LogP contribution is -2.34. The van der Waals surface area contributed by atoms with Crippen molar-refractivity contribution in [1.29, 1.82) is 0 Å². The van der Waals surface area contributed by atoms with E-state index >= 15 is 0 Å². The zero-order chi connectivity index (χ0) is 13.7. The van der Waals surface area contributed by atoms with E-state index in [4.69, 9.17) is 28.9 Å². The molecule has 1 amide bonds. The fourth-order valence-electron chi connectivity index (χ4n) is 1.41. The van der Waals surface area contributed by atoms with Crippen LogP contribution < -0.4 is 11.1 Å². The first-order valence-electron chi connectivity index (χ1n) is 5.58. The molecule has 0 fully saturated rings. The third kappa shape index (κ3) is 4.26. The van der Waals surface area contributed by atoms with Crippen LogP contribution in [0.15, 0.2) is 12.1 Å². The molecule has 0 saturated carbocycles. The van der Waals surface area contributed by atoms with Gasteiger partial charge in [-0.3, -0.25) is 4.79 Å². The fourth-order valence-corrected chi connectivity index (χ4v) is 2.51. The number of nitrogen functional groups attached to an aromatic ring is 1. The summed E-state index contributed by atoms with van der Waals surface area (Å²) < 4.78 is 0. The van der Waals surface area contributed by atoms with Gasteiger partial charge in [0.2, 0.25) is 0 Å². The quantitative estimate of drug-likeness (QED) is 0.819. The van der Waals surface area contributed by atoms with Crippen LogP contribution in [-0.4, -0.2) is 23.5 Å². The van der Waals surface area contributed by atoms with Gasteiger partial charge in [0, 0.05) is 17.5 Å². The van der Waals surface area contributed by atoms with Gasteiger partial charge < -0.3 is 11.1 Å². The number of carbonyl (C=O) groups is 1. The van der Waals surface area contributed by atoms with Crippen molar-refractivity contribution in [3.8, 4) is 0 Å². The molecule has 1 rings (SSSR count). The zero-order valence-corrected chi connectivity index (χ0v) is 12.6. The predicted octanol–water partition coefficient (Wildman–Crippen LogP) is 3.45. The Morgan fingerprint density at radius 3 is 2.78 bits per heavy atom. The highest BCUT2D eigenvalue weighted by atomic mass is 35.5. The predicted molar refractivity (Wildman–Crippen MR) is 80.8 cm³/mol. The Morgan fingerprint density at radius 1 is 1.50 bits per heavy atom. The summed E-state index contributed by atoms with van der Waals surface area (Å²) in [7, 11) is 0. The van der Waals surface area contributed by atoms with Gasteiger partial charge in [-0.2, -0.15) is 11.8 Å². The first-order chi connectivity index (χ1) is 8.45. The molecule has 1 aromatic carbocycles. The van der Waals surface area contributed by atoms with Crippen molar-refractivity contribution in [3.63, 3.8) is 0 Å². The number of anilines is 1. The number of nitrogens with two attached hydrogens (primary N) is 1. The summed E-state index contributed by atoms with van der Waals surface area (Å²) in [4.78, 5) is 12.0. The molecule has 18 heavy (non-hydrogen) atoms. The van der Waals surface area contributed by atoms with Gasteiger partial charge in [0.05, 0.1) is 15.6 Å². The van der Waals surface area contributed by atoms with E-state index in [0.29, 0.717) is 11.3 Å².